The lowest BCUT2D eigenvalue weighted by molar-refractivity contribution is 0.183. The van der Waals surface area contributed by atoms with Crippen molar-refractivity contribution in [1.82, 2.24) is 0 Å². The average Bonchev–Trinajstić information content (AvgIpc) is 2.72. The number of rotatable bonds is 3. The Morgan fingerprint density at radius 1 is 1.50 bits per heavy atom. The Bertz CT molecular complexity index is 206. The van der Waals surface area contributed by atoms with Crippen LogP contribution in [0.2, 0.25) is 0 Å². The van der Waals surface area contributed by atoms with E-state index < -0.39 is 0 Å². The van der Waals surface area contributed by atoms with Crippen molar-refractivity contribution in [3.8, 4) is 0 Å². The fourth-order valence-corrected chi connectivity index (χ4v) is 2.48. The molecule has 0 bridgehead atoms. The van der Waals surface area contributed by atoms with Crippen LogP contribution < -0.4 is 5.73 Å². The van der Waals surface area contributed by atoms with Gasteiger partial charge in [-0.25, -0.2) is 0 Å². The molecule has 1 saturated heterocycles. The van der Waals surface area contributed by atoms with Gasteiger partial charge in [0.05, 0.1) is 0 Å². The van der Waals surface area contributed by atoms with Crippen molar-refractivity contribution in [2.45, 2.75) is 44.6 Å². The van der Waals surface area contributed by atoms with Crippen molar-refractivity contribution in [2.24, 2.45) is 11.7 Å². The first-order valence-electron chi connectivity index (χ1n) is 5.88. The summed E-state index contributed by atoms with van der Waals surface area (Å²) in [7, 11) is 0. The molecule has 2 aliphatic rings. The average molecular weight is 195 g/mol. The maximum atomic E-state index is 6.20. The maximum Gasteiger partial charge on any atom is 0.0495 e. The minimum absolute atomic E-state index is 0.307. The quantitative estimate of drug-likeness (QED) is 0.701. The summed E-state index contributed by atoms with van der Waals surface area (Å²) in [4.78, 5) is 0. The summed E-state index contributed by atoms with van der Waals surface area (Å²) in [6.07, 6.45) is 9.86. The molecule has 0 aromatic heterocycles. The molecule has 2 N–H and O–H groups in total. The zero-order valence-corrected chi connectivity index (χ0v) is 8.87. The predicted molar refractivity (Wildman–Crippen MR) is 58.1 cm³/mol. The lowest BCUT2D eigenvalue weighted by Crippen LogP contribution is -2.27. The van der Waals surface area contributed by atoms with Gasteiger partial charge in [0.15, 0.2) is 0 Å². The smallest absolute Gasteiger partial charge is 0.0495 e. The lowest BCUT2D eigenvalue weighted by Gasteiger charge is -2.21. The third kappa shape index (κ3) is 2.58. The van der Waals surface area contributed by atoms with E-state index in [1.165, 1.54) is 37.7 Å². The summed E-state index contributed by atoms with van der Waals surface area (Å²) in [6, 6.07) is 0.307. The predicted octanol–water partition coefficient (Wildman–Crippen LogP) is 2.24. The van der Waals surface area contributed by atoms with Gasteiger partial charge in [-0.2, -0.15) is 0 Å². The minimum atomic E-state index is 0.307. The first kappa shape index (κ1) is 10.2. The lowest BCUT2D eigenvalue weighted by atomic mass is 9.88. The molecule has 0 saturated carbocycles. The summed E-state index contributed by atoms with van der Waals surface area (Å²) in [5.74, 6) is 0.716. The van der Waals surface area contributed by atoms with Crippen molar-refractivity contribution in [2.75, 3.05) is 13.2 Å². The molecule has 2 unspecified atom stereocenters. The van der Waals surface area contributed by atoms with E-state index in [1.807, 2.05) is 0 Å². The third-order valence-electron chi connectivity index (χ3n) is 3.41. The molecule has 0 spiro atoms. The normalized spacial score (nSPS) is 30.1. The number of hydrogen-bond acceptors (Lipinski definition) is 2. The standard InChI is InChI=1S/C12H21NO/c13-12(8-10-6-7-14-9-10)11-4-2-1-3-5-11/h4,10,12H,1-3,5-9,13H2. The molecule has 2 heteroatoms. The summed E-state index contributed by atoms with van der Waals surface area (Å²) in [5, 5.41) is 0. The first-order valence-corrected chi connectivity index (χ1v) is 5.88. The highest BCUT2D eigenvalue weighted by Crippen LogP contribution is 2.25. The fourth-order valence-electron chi connectivity index (χ4n) is 2.48. The molecule has 0 aromatic carbocycles. The van der Waals surface area contributed by atoms with E-state index in [1.54, 1.807) is 0 Å². The van der Waals surface area contributed by atoms with E-state index in [9.17, 15) is 0 Å². The van der Waals surface area contributed by atoms with Crippen LogP contribution in [0.15, 0.2) is 11.6 Å². The Balaban J connectivity index is 1.81. The second kappa shape index (κ2) is 4.94. The number of nitrogens with two attached hydrogens (primary N) is 1. The zero-order chi connectivity index (χ0) is 9.80. The van der Waals surface area contributed by atoms with Crippen molar-refractivity contribution in [3.63, 3.8) is 0 Å². The topological polar surface area (TPSA) is 35.2 Å². The molecule has 2 atom stereocenters. The van der Waals surface area contributed by atoms with Gasteiger partial charge in [0.2, 0.25) is 0 Å². The van der Waals surface area contributed by atoms with Crippen LogP contribution in [-0.2, 0) is 4.74 Å². The van der Waals surface area contributed by atoms with Gasteiger partial charge in [-0.1, -0.05) is 11.6 Å². The summed E-state index contributed by atoms with van der Waals surface area (Å²) < 4.78 is 5.37. The van der Waals surface area contributed by atoms with Crippen LogP contribution in [0.25, 0.3) is 0 Å². The molecule has 2 rings (SSSR count). The minimum Gasteiger partial charge on any atom is -0.381 e. The van der Waals surface area contributed by atoms with Gasteiger partial charge < -0.3 is 10.5 Å². The number of allylic oxidation sites excluding steroid dienone is 1. The van der Waals surface area contributed by atoms with Gasteiger partial charge in [0.1, 0.15) is 0 Å². The fraction of sp³-hybridized carbons (Fsp3) is 0.833. The molecule has 0 radical (unpaired) electrons. The molecule has 1 aliphatic heterocycles. The summed E-state index contributed by atoms with van der Waals surface area (Å²) in [6.45, 7) is 1.87. The monoisotopic (exact) mass is 195 g/mol. The van der Waals surface area contributed by atoms with E-state index >= 15 is 0 Å². The maximum absolute atomic E-state index is 6.20. The summed E-state index contributed by atoms with van der Waals surface area (Å²) >= 11 is 0. The molecule has 2 nitrogen and oxygen atoms in total. The molecule has 1 aliphatic carbocycles. The van der Waals surface area contributed by atoms with Gasteiger partial charge in [0, 0.05) is 19.3 Å². The van der Waals surface area contributed by atoms with Gasteiger partial charge in [0.25, 0.3) is 0 Å². The van der Waals surface area contributed by atoms with Crippen molar-refractivity contribution in [1.29, 1.82) is 0 Å². The van der Waals surface area contributed by atoms with Crippen LogP contribution in [0.1, 0.15) is 38.5 Å². The Hall–Kier alpha value is -0.340. The van der Waals surface area contributed by atoms with E-state index in [0.29, 0.717) is 12.0 Å². The first-order chi connectivity index (χ1) is 6.86. The van der Waals surface area contributed by atoms with Crippen LogP contribution in [0, 0.1) is 5.92 Å². The molecule has 0 amide bonds. The Morgan fingerprint density at radius 2 is 2.43 bits per heavy atom. The van der Waals surface area contributed by atoms with Crippen molar-refractivity contribution >= 4 is 0 Å². The Morgan fingerprint density at radius 3 is 3.07 bits per heavy atom. The van der Waals surface area contributed by atoms with Gasteiger partial charge in [-0.3, -0.25) is 0 Å². The Labute approximate surface area is 86.5 Å². The molecule has 80 valence electrons. The van der Waals surface area contributed by atoms with Crippen molar-refractivity contribution in [3.05, 3.63) is 11.6 Å². The molecular formula is C12H21NO. The molecule has 1 heterocycles. The molecule has 1 fully saturated rings. The van der Waals surface area contributed by atoms with Gasteiger partial charge in [-0.05, 0) is 44.4 Å². The second-order valence-electron chi connectivity index (χ2n) is 4.60. The van der Waals surface area contributed by atoms with Crippen LogP contribution >= 0.6 is 0 Å². The third-order valence-corrected chi connectivity index (χ3v) is 3.41. The highest BCUT2D eigenvalue weighted by molar-refractivity contribution is 5.12. The number of hydrogen-bond donors (Lipinski definition) is 1. The second-order valence-corrected chi connectivity index (χ2v) is 4.60. The van der Waals surface area contributed by atoms with Gasteiger partial charge >= 0.3 is 0 Å². The Kier molecular flexibility index (Phi) is 3.60. The van der Waals surface area contributed by atoms with Crippen LogP contribution in [-0.4, -0.2) is 19.3 Å². The highest BCUT2D eigenvalue weighted by Gasteiger charge is 2.21. The summed E-state index contributed by atoms with van der Waals surface area (Å²) in [5.41, 5.74) is 7.71. The molecule has 0 aromatic rings. The zero-order valence-electron chi connectivity index (χ0n) is 8.87. The SMILES string of the molecule is NC(CC1CCOC1)C1=CCCCC1. The van der Waals surface area contributed by atoms with E-state index in [2.05, 4.69) is 6.08 Å². The molecular weight excluding hydrogens is 174 g/mol. The van der Waals surface area contributed by atoms with E-state index in [-0.39, 0.29) is 0 Å². The van der Waals surface area contributed by atoms with Crippen LogP contribution in [0.4, 0.5) is 0 Å². The molecule has 14 heavy (non-hydrogen) atoms. The van der Waals surface area contributed by atoms with Crippen molar-refractivity contribution < 1.29 is 4.74 Å². The largest absolute Gasteiger partial charge is 0.381 e. The van der Waals surface area contributed by atoms with Crippen LogP contribution in [0.3, 0.4) is 0 Å². The van der Waals surface area contributed by atoms with E-state index in [0.717, 1.165) is 19.6 Å². The number of ether oxygens (including phenoxy) is 1. The van der Waals surface area contributed by atoms with Crippen LogP contribution in [0.5, 0.6) is 0 Å². The van der Waals surface area contributed by atoms with E-state index in [4.69, 9.17) is 10.5 Å². The van der Waals surface area contributed by atoms with Gasteiger partial charge in [-0.15, -0.1) is 0 Å². The highest BCUT2D eigenvalue weighted by atomic mass is 16.5.